The van der Waals surface area contributed by atoms with Gasteiger partial charge in [0.05, 0.1) is 6.61 Å². The van der Waals surface area contributed by atoms with Crippen LogP contribution in [0.3, 0.4) is 0 Å². The molecule has 0 radical (unpaired) electrons. The smallest absolute Gasteiger partial charge is 0.319 e. The fourth-order valence-electron chi connectivity index (χ4n) is 5.86. The summed E-state index contributed by atoms with van der Waals surface area (Å²) < 4.78 is 10.8. The molecule has 0 saturated carbocycles. The van der Waals surface area contributed by atoms with E-state index in [1.165, 1.54) is 101 Å². The van der Waals surface area contributed by atoms with E-state index >= 15 is 0 Å². The topological polar surface area (TPSA) is 72.8 Å². The number of rotatable bonds is 28. The van der Waals surface area contributed by atoms with Crippen LogP contribution in [0.4, 0.5) is 0 Å². The molecule has 0 aliphatic carbocycles. The van der Waals surface area contributed by atoms with E-state index in [9.17, 15) is 14.7 Å². The number of aromatic hydroxyl groups is 1. The normalized spacial score (nSPS) is 12.3. The predicted octanol–water partition coefficient (Wildman–Crippen LogP) is 11.6. The second kappa shape index (κ2) is 26.3. The number of aryl methyl sites for hydroxylation is 2. The average Bonchev–Trinajstić information content (AvgIpc) is 3.01. The third kappa shape index (κ3) is 20.5. The minimum Gasteiger partial charge on any atom is -0.507 e. The van der Waals surface area contributed by atoms with E-state index in [1.807, 2.05) is 13.8 Å². The van der Waals surface area contributed by atoms with Crippen molar-refractivity contribution in [2.75, 3.05) is 19.0 Å². The van der Waals surface area contributed by atoms with Gasteiger partial charge in [-0.2, -0.15) is 0 Å². The molecule has 46 heavy (non-hydrogen) atoms. The highest BCUT2D eigenvalue weighted by Crippen LogP contribution is 2.32. The van der Waals surface area contributed by atoms with Crippen molar-refractivity contribution in [3.63, 3.8) is 0 Å². The van der Waals surface area contributed by atoms with E-state index in [0.29, 0.717) is 31.1 Å². The summed E-state index contributed by atoms with van der Waals surface area (Å²) in [5.74, 6) is 0.697. The van der Waals surface area contributed by atoms with Crippen LogP contribution in [-0.4, -0.2) is 41.3 Å². The number of benzene rings is 1. The Bertz CT molecular complexity index is 938. The molecule has 0 fully saturated rings. The van der Waals surface area contributed by atoms with Gasteiger partial charge in [-0.1, -0.05) is 143 Å². The summed E-state index contributed by atoms with van der Waals surface area (Å²) in [6, 6.07) is 4.22. The van der Waals surface area contributed by atoms with Gasteiger partial charge in [0.1, 0.15) is 17.6 Å². The third-order valence-corrected chi connectivity index (χ3v) is 10.1. The molecule has 0 saturated heterocycles. The van der Waals surface area contributed by atoms with E-state index in [4.69, 9.17) is 9.47 Å². The fraction of sp³-hybridized carbons (Fsp3) is 0.800. The van der Waals surface area contributed by atoms with Crippen LogP contribution in [-0.2, 0) is 30.9 Å². The summed E-state index contributed by atoms with van der Waals surface area (Å²) in [5, 5.41) is 10.3. The van der Waals surface area contributed by atoms with Gasteiger partial charge in [-0.25, -0.2) is 0 Å². The molecule has 1 rings (SSSR count). The van der Waals surface area contributed by atoms with Crippen molar-refractivity contribution in [1.82, 2.24) is 0 Å². The minimum atomic E-state index is -0.242. The van der Waals surface area contributed by atoms with Gasteiger partial charge in [0, 0.05) is 12.2 Å². The molecule has 0 aromatic heterocycles. The first-order valence-corrected chi connectivity index (χ1v) is 19.9. The van der Waals surface area contributed by atoms with Gasteiger partial charge >= 0.3 is 11.9 Å². The number of unbranched alkanes of at least 4 members (excludes halogenated alkanes) is 16. The van der Waals surface area contributed by atoms with Crippen LogP contribution in [0.25, 0.3) is 0 Å². The molecule has 1 aromatic rings. The molecule has 1 atom stereocenters. The molecule has 0 aliphatic heterocycles. The monoisotopic (exact) mass is 662 g/mol. The standard InChI is InChI=1S/C40H70O5S/c1-7-9-10-11-12-13-14-15-16-17-18-19-20-21-25-28-37(41)45-29-30-46-36(39(43)44-8-2)27-24-22-23-26-34-32-35(40(4,5)6)31-33(3)38(34)42/h31-32,36,42H,7-30H2,1-6H3. The highest BCUT2D eigenvalue weighted by atomic mass is 32.2. The quantitative estimate of drug-likeness (QED) is 0.0711. The van der Waals surface area contributed by atoms with Crippen molar-refractivity contribution in [2.24, 2.45) is 0 Å². The van der Waals surface area contributed by atoms with E-state index < -0.39 is 0 Å². The molecule has 1 aromatic carbocycles. The largest absolute Gasteiger partial charge is 0.507 e. The van der Waals surface area contributed by atoms with Crippen LogP contribution in [0.15, 0.2) is 12.1 Å². The van der Waals surface area contributed by atoms with Crippen LogP contribution in [0.5, 0.6) is 5.75 Å². The van der Waals surface area contributed by atoms with E-state index in [-0.39, 0.29) is 22.6 Å². The highest BCUT2D eigenvalue weighted by molar-refractivity contribution is 8.00. The molecule has 0 amide bonds. The lowest BCUT2D eigenvalue weighted by Gasteiger charge is -2.22. The number of carbonyl (C=O) groups excluding carboxylic acids is 2. The Kier molecular flexibility index (Phi) is 24.2. The molecule has 266 valence electrons. The first-order valence-electron chi connectivity index (χ1n) is 18.9. The summed E-state index contributed by atoms with van der Waals surface area (Å²) in [6.07, 6.45) is 24.5. The molecular weight excluding hydrogens is 593 g/mol. The zero-order valence-electron chi connectivity index (χ0n) is 30.7. The average molecular weight is 663 g/mol. The molecular formula is C40H70O5S. The Morgan fingerprint density at radius 1 is 0.761 bits per heavy atom. The van der Waals surface area contributed by atoms with Gasteiger partial charge in [0.15, 0.2) is 0 Å². The first-order chi connectivity index (χ1) is 22.1. The Labute approximate surface area is 287 Å². The SMILES string of the molecule is CCCCCCCCCCCCCCCCCC(=O)OCCSC(CCCCCc1cc(C(C)(C)C)cc(C)c1O)C(=O)OCC. The summed E-state index contributed by atoms with van der Waals surface area (Å²) in [7, 11) is 0. The van der Waals surface area contributed by atoms with Crippen LogP contribution < -0.4 is 0 Å². The van der Waals surface area contributed by atoms with Crippen LogP contribution in [0.1, 0.15) is 180 Å². The van der Waals surface area contributed by atoms with Crippen molar-refractivity contribution >= 4 is 23.7 Å². The first kappa shape index (κ1) is 42.3. The number of carbonyl (C=O) groups is 2. The second-order valence-electron chi connectivity index (χ2n) is 14.2. The molecule has 6 heteroatoms. The Hall–Kier alpha value is -1.69. The zero-order chi connectivity index (χ0) is 34.0. The van der Waals surface area contributed by atoms with Crippen LogP contribution >= 0.6 is 11.8 Å². The lowest BCUT2D eigenvalue weighted by Crippen LogP contribution is -2.22. The van der Waals surface area contributed by atoms with Crippen LogP contribution in [0, 0.1) is 6.92 Å². The molecule has 0 heterocycles. The lowest BCUT2D eigenvalue weighted by atomic mass is 9.84. The lowest BCUT2D eigenvalue weighted by molar-refractivity contribution is -0.143. The van der Waals surface area contributed by atoms with Gasteiger partial charge in [-0.3, -0.25) is 9.59 Å². The number of phenolic OH excluding ortho intramolecular Hbond substituents is 1. The molecule has 0 aliphatic rings. The molecule has 5 nitrogen and oxygen atoms in total. The third-order valence-electron chi connectivity index (χ3n) is 8.86. The van der Waals surface area contributed by atoms with Crippen molar-refractivity contribution < 1.29 is 24.2 Å². The summed E-state index contributed by atoms with van der Waals surface area (Å²) >= 11 is 1.53. The Morgan fingerprint density at radius 2 is 1.30 bits per heavy atom. The number of hydrogen-bond acceptors (Lipinski definition) is 6. The van der Waals surface area contributed by atoms with Crippen molar-refractivity contribution in [3.8, 4) is 5.75 Å². The number of phenols is 1. The van der Waals surface area contributed by atoms with Crippen LogP contribution in [0.2, 0.25) is 0 Å². The molecule has 0 spiro atoms. The van der Waals surface area contributed by atoms with Crippen molar-refractivity contribution in [2.45, 2.75) is 187 Å². The molecule has 0 bridgehead atoms. The van der Waals surface area contributed by atoms with E-state index in [0.717, 1.165) is 56.1 Å². The van der Waals surface area contributed by atoms with Gasteiger partial charge in [0.25, 0.3) is 0 Å². The maximum atomic E-state index is 12.6. The zero-order valence-corrected chi connectivity index (χ0v) is 31.5. The predicted molar refractivity (Wildman–Crippen MR) is 197 cm³/mol. The number of ether oxygens (including phenoxy) is 2. The molecule has 1 N–H and O–H groups in total. The summed E-state index contributed by atoms with van der Waals surface area (Å²) in [4.78, 5) is 24.8. The summed E-state index contributed by atoms with van der Waals surface area (Å²) in [5.41, 5.74) is 3.22. The number of thioether (sulfide) groups is 1. The van der Waals surface area contributed by atoms with Crippen molar-refractivity contribution in [3.05, 3.63) is 28.8 Å². The van der Waals surface area contributed by atoms with E-state index in [1.54, 1.807) is 0 Å². The number of hydrogen-bond donors (Lipinski definition) is 1. The highest BCUT2D eigenvalue weighted by Gasteiger charge is 2.21. The number of esters is 2. The maximum absolute atomic E-state index is 12.6. The Balaban J connectivity index is 2.15. The summed E-state index contributed by atoms with van der Waals surface area (Å²) in [6.45, 7) is 13.4. The second-order valence-corrected chi connectivity index (χ2v) is 15.5. The van der Waals surface area contributed by atoms with Gasteiger partial charge in [-0.15, -0.1) is 11.8 Å². The van der Waals surface area contributed by atoms with Gasteiger partial charge in [-0.05, 0) is 61.6 Å². The van der Waals surface area contributed by atoms with Crippen molar-refractivity contribution in [1.29, 1.82) is 0 Å². The molecule has 1 unspecified atom stereocenters. The maximum Gasteiger partial charge on any atom is 0.319 e. The van der Waals surface area contributed by atoms with Gasteiger partial charge in [0.2, 0.25) is 0 Å². The minimum absolute atomic E-state index is 0.0390. The van der Waals surface area contributed by atoms with E-state index in [2.05, 4.69) is 39.8 Å². The van der Waals surface area contributed by atoms with Gasteiger partial charge < -0.3 is 14.6 Å². The fourth-order valence-corrected chi connectivity index (χ4v) is 6.86. The Morgan fingerprint density at radius 3 is 1.85 bits per heavy atom.